The number of piperidine rings is 1. The molecule has 1 saturated heterocycles. The minimum Gasteiger partial charge on any atom is -0.497 e. The van der Waals surface area contributed by atoms with Crippen LogP contribution in [0.2, 0.25) is 0 Å². The van der Waals surface area contributed by atoms with E-state index in [0.717, 1.165) is 47.9 Å². The summed E-state index contributed by atoms with van der Waals surface area (Å²) in [6.45, 7) is 3.17. The Kier molecular flexibility index (Phi) is 12.3. The molecular formula is C38H40F3N5O7S. The minimum atomic E-state index is -3.67. The number of likely N-dealkylation sites (tertiary alicyclic amines) is 1. The second kappa shape index (κ2) is 16.7. The predicted octanol–water partition coefficient (Wildman–Crippen LogP) is 6.27. The third-order valence-electron chi connectivity index (χ3n) is 9.02. The van der Waals surface area contributed by atoms with Crippen LogP contribution in [0.4, 0.5) is 18.9 Å². The predicted molar refractivity (Wildman–Crippen MR) is 197 cm³/mol. The number of fused-ring (bicyclic) bond motifs is 1. The van der Waals surface area contributed by atoms with E-state index in [4.69, 9.17) is 14.0 Å². The van der Waals surface area contributed by atoms with Gasteiger partial charge in [-0.15, -0.1) is 0 Å². The topological polar surface area (TPSA) is 143 Å². The Morgan fingerprint density at radius 1 is 0.981 bits per heavy atom. The van der Waals surface area contributed by atoms with Gasteiger partial charge in [0.1, 0.15) is 23.0 Å². The fourth-order valence-electron chi connectivity index (χ4n) is 5.94. The second-order valence-corrected chi connectivity index (χ2v) is 14.3. The average Bonchev–Trinajstić information content (AvgIpc) is 3.48. The van der Waals surface area contributed by atoms with Crippen molar-refractivity contribution in [1.29, 1.82) is 0 Å². The fourth-order valence-corrected chi connectivity index (χ4v) is 5.94. The third-order valence-corrected chi connectivity index (χ3v) is 9.02. The molecule has 6 rings (SSSR count). The van der Waals surface area contributed by atoms with E-state index in [-0.39, 0.29) is 17.5 Å². The van der Waals surface area contributed by atoms with Crippen LogP contribution >= 0.6 is 0 Å². The average molecular weight is 768 g/mol. The van der Waals surface area contributed by atoms with E-state index in [2.05, 4.69) is 10.3 Å². The zero-order chi connectivity index (χ0) is 39.3. The maximum atomic E-state index is 14.4. The van der Waals surface area contributed by atoms with Crippen LogP contribution in [0.15, 0.2) is 72.9 Å². The number of carbonyl (C=O) groups is 2. The molecule has 286 valence electrons. The summed E-state index contributed by atoms with van der Waals surface area (Å²) in [6.07, 6.45) is 3.77. The first kappa shape index (κ1) is 39.8. The van der Waals surface area contributed by atoms with E-state index in [1.807, 2.05) is 59.0 Å². The number of rotatable bonds is 9. The van der Waals surface area contributed by atoms with Gasteiger partial charge in [-0.25, -0.2) is 18.2 Å². The molecule has 54 heavy (non-hydrogen) atoms. The Morgan fingerprint density at radius 2 is 1.63 bits per heavy atom. The van der Waals surface area contributed by atoms with Gasteiger partial charge in [0, 0.05) is 62.3 Å². The zero-order valence-corrected chi connectivity index (χ0v) is 31.1. The third kappa shape index (κ3) is 9.55. The van der Waals surface area contributed by atoms with Crippen LogP contribution in [0.3, 0.4) is 0 Å². The lowest BCUT2D eigenvalue weighted by atomic mass is 10.0. The first-order chi connectivity index (χ1) is 25.5. The molecule has 16 heteroatoms. The van der Waals surface area contributed by atoms with Gasteiger partial charge in [-0.05, 0) is 73.9 Å². The van der Waals surface area contributed by atoms with Gasteiger partial charge < -0.3 is 29.2 Å². The molecule has 0 spiro atoms. The van der Waals surface area contributed by atoms with Gasteiger partial charge in [0.15, 0.2) is 11.6 Å². The number of anilines is 1. The Balaban J connectivity index is 0.00000105. The molecule has 1 fully saturated rings. The molecule has 0 radical (unpaired) electrons. The Morgan fingerprint density at radius 3 is 2.24 bits per heavy atom. The second-order valence-electron chi connectivity index (χ2n) is 12.8. The number of pyridine rings is 1. The summed E-state index contributed by atoms with van der Waals surface area (Å²) in [6, 6.07) is 19.3. The molecule has 0 atom stereocenters. The summed E-state index contributed by atoms with van der Waals surface area (Å²) < 4.78 is 81.4. The Hall–Kier alpha value is -5.45. The largest absolute Gasteiger partial charge is 0.497 e. The van der Waals surface area contributed by atoms with Crippen LogP contribution in [0.5, 0.6) is 17.4 Å². The van der Waals surface area contributed by atoms with Crippen molar-refractivity contribution < 1.29 is 45.2 Å². The Bertz CT molecular complexity index is 2250. The maximum absolute atomic E-state index is 14.4. The number of methoxy groups -OCH3 is 1. The molecule has 2 amide bonds. The molecule has 12 nitrogen and oxygen atoms in total. The quantitative estimate of drug-likeness (QED) is 0.131. The molecule has 2 aromatic heterocycles. The van der Waals surface area contributed by atoms with Gasteiger partial charge in [0.25, 0.3) is 21.9 Å². The fraction of sp³-hybridized carbons (Fsp3) is 0.289. The summed E-state index contributed by atoms with van der Waals surface area (Å²) in [7, 11) is 1.20. The highest BCUT2D eigenvalue weighted by molar-refractivity contribution is 7.85. The van der Waals surface area contributed by atoms with Crippen molar-refractivity contribution in [2.75, 3.05) is 38.4 Å². The van der Waals surface area contributed by atoms with Crippen molar-refractivity contribution in [2.24, 2.45) is 7.05 Å². The molecule has 1 aliphatic heterocycles. The van der Waals surface area contributed by atoms with Gasteiger partial charge in [-0.2, -0.15) is 8.42 Å². The van der Waals surface area contributed by atoms with E-state index in [1.54, 1.807) is 13.2 Å². The highest BCUT2D eigenvalue weighted by Crippen LogP contribution is 2.29. The molecule has 0 saturated carbocycles. The van der Waals surface area contributed by atoms with Gasteiger partial charge in [0.2, 0.25) is 5.88 Å². The summed E-state index contributed by atoms with van der Waals surface area (Å²) in [5.41, 5.74) is 1.67. The van der Waals surface area contributed by atoms with Crippen molar-refractivity contribution >= 4 is 38.5 Å². The lowest BCUT2D eigenvalue weighted by molar-refractivity contribution is 0.0695. The van der Waals surface area contributed by atoms with E-state index in [9.17, 15) is 31.2 Å². The van der Waals surface area contributed by atoms with Crippen LogP contribution in [0, 0.1) is 24.4 Å². The molecule has 0 aliphatic carbocycles. The number of carbonyl (C=O) groups excluding carboxylic acids is 2. The van der Waals surface area contributed by atoms with Gasteiger partial charge in [-0.3, -0.25) is 14.1 Å². The molecule has 1 aliphatic rings. The highest BCUT2D eigenvalue weighted by atomic mass is 32.2. The van der Waals surface area contributed by atoms with Crippen molar-refractivity contribution in [1.82, 2.24) is 19.8 Å². The number of hydrogen-bond donors (Lipinski definition) is 2. The Labute approximate surface area is 310 Å². The number of hydrogen-bond acceptors (Lipinski definition) is 8. The molecule has 3 heterocycles. The molecule has 2 N–H and O–H groups in total. The lowest BCUT2D eigenvalue weighted by Crippen LogP contribution is -2.45. The smallest absolute Gasteiger partial charge is 0.270 e. The standard InChI is InChI=1S/C37H36F3N5O4.CH4O3S/c1-22-30(38)19-29(35(40)34(22)39)36(46)43(2)26-7-12-33(42-21-26)49-28-10-11-31-24(17-28)18-32(44(31)3)37(47)45-15-13-25(14-16-45)41-20-23-5-8-27(48-4)9-6-23;1-5(2,3)4/h5-12,17-19,21,25,41H,13-16,20H2,1-4H3;1H3,(H,2,3,4). The van der Waals surface area contributed by atoms with Crippen LogP contribution in [-0.2, 0) is 23.7 Å². The van der Waals surface area contributed by atoms with Crippen LogP contribution in [-0.4, -0.2) is 78.8 Å². The summed E-state index contributed by atoms with van der Waals surface area (Å²) in [4.78, 5) is 33.6. The molecule has 3 aromatic carbocycles. The number of ether oxygens (including phenoxy) is 2. The van der Waals surface area contributed by atoms with E-state index >= 15 is 0 Å². The first-order valence-electron chi connectivity index (χ1n) is 16.8. The number of halogens is 3. The van der Waals surface area contributed by atoms with Crippen LogP contribution < -0.4 is 19.7 Å². The van der Waals surface area contributed by atoms with E-state index in [1.165, 1.54) is 30.9 Å². The normalized spacial score (nSPS) is 13.3. The van der Waals surface area contributed by atoms with Gasteiger partial charge >= 0.3 is 0 Å². The van der Waals surface area contributed by atoms with Crippen LogP contribution in [0.1, 0.15) is 44.8 Å². The van der Waals surface area contributed by atoms with Crippen molar-refractivity contribution in [3.05, 3.63) is 113 Å². The lowest BCUT2D eigenvalue weighted by Gasteiger charge is -2.32. The van der Waals surface area contributed by atoms with Crippen LogP contribution in [0.25, 0.3) is 10.9 Å². The van der Waals surface area contributed by atoms with Crippen molar-refractivity contribution in [2.45, 2.75) is 32.4 Å². The molecule has 5 aromatic rings. The van der Waals surface area contributed by atoms with Gasteiger partial charge in [0.05, 0.1) is 30.8 Å². The molecule has 0 unspecified atom stereocenters. The number of aromatic nitrogens is 2. The zero-order valence-electron chi connectivity index (χ0n) is 30.3. The summed E-state index contributed by atoms with van der Waals surface area (Å²) >= 11 is 0. The number of nitrogens with one attached hydrogen (secondary N) is 1. The van der Waals surface area contributed by atoms with E-state index < -0.39 is 44.6 Å². The number of aryl methyl sites for hydroxylation is 1. The van der Waals surface area contributed by atoms with Crippen molar-refractivity contribution in [3.63, 3.8) is 0 Å². The summed E-state index contributed by atoms with van der Waals surface area (Å²) in [5.74, 6) is -3.26. The number of amides is 2. The number of nitrogens with zero attached hydrogens (tertiary/aromatic N) is 4. The SMILES string of the molecule is COc1ccc(CNC2CCN(C(=O)c3cc4cc(Oc5ccc(N(C)C(=O)c6cc(F)c(C)c(F)c6F)cn5)ccc4n3C)CC2)cc1.CS(=O)(=O)O. The van der Waals surface area contributed by atoms with E-state index in [0.29, 0.717) is 42.9 Å². The first-order valence-corrected chi connectivity index (χ1v) is 18.6. The van der Waals surface area contributed by atoms with Crippen molar-refractivity contribution in [3.8, 4) is 17.4 Å². The minimum absolute atomic E-state index is 0.0262. The molecular weight excluding hydrogens is 728 g/mol. The summed E-state index contributed by atoms with van der Waals surface area (Å²) in [5, 5.41) is 4.42. The monoisotopic (exact) mass is 767 g/mol. The maximum Gasteiger partial charge on any atom is 0.270 e. The molecule has 0 bridgehead atoms. The highest BCUT2D eigenvalue weighted by Gasteiger charge is 2.26. The number of benzene rings is 3. The van der Waals surface area contributed by atoms with Gasteiger partial charge in [-0.1, -0.05) is 12.1 Å².